The molecule has 0 saturated carbocycles. The highest BCUT2D eigenvalue weighted by molar-refractivity contribution is 7.99. The average Bonchev–Trinajstić information content (AvgIpc) is 3.35. The monoisotopic (exact) mass is 471 g/mol. The Morgan fingerprint density at radius 3 is 2.74 bits per heavy atom. The Kier molecular flexibility index (Phi) is 6.01. The zero-order valence-corrected chi connectivity index (χ0v) is 19.1. The molecule has 2 heterocycles. The molecule has 0 spiro atoms. The van der Waals surface area contributed by atoms with Crippen LogP contribution in [0.1, 0.15) is 5.56 Å². The Hall–Kier alpha value is -4.11. The first kappa shape index (κ1) is 21.7. The lowest BCUT2D eigenvalue weighted by Crippen LogP contribution is -2.26. The van der Waals surface area contributed by atoms with Crippen LogP contribution in [-0.2, 0) is 11.3 Å². The normalized spacial score (nSPS) is 11.1. The minimum absolute atomic E-state index is 0.0893. The van der Waals surface area contributed by atoms with Crippen molar-refractivity contribution in [3.8, 4) is 11.4 Å². The maximum Gasteiger partial charge on any atom is 0.269 e. The molecule has 0 atom stereocenters. The first-order valence-electron chi connectivity index (χ1n) is 10.6. The van der Waals surface area contributed by atoms with Crippen LogP contribution in [0, 0.1) is 0 Å². The zero-order chi connectivity index (χ0) is 23.5. The fourth-order valence-corrected chi connectivity index (χ4v) is 4.64. The van der Waals surface area contributed by atoms with Gasteiger partial charge in [0.05, 0.1) is 24.7 Å². The summed E-state index contributed by atoms with van der Waals surface area (Å²) in [5.41, 5.74) is 1.73. The molecule has 2 N–H and O–H groups in total. The fourth-order valence-electron chi connectivity index (χ4n) is 3.81. The molecule has 5 rings (SSSR count). The number of benzene rings is 3. The molecule has 0 unspecified atom stereocenters. The molecule has 0 radical (unpaired) electrons. The van der Waals surface area contributed by atoms with Gasteiger partial charge in [0, 0.05) is 17.5 Å². The van der Waals surface area contributed by atoms with Crippen LogP contribution in [0.3, 0.4) is 0 Å². The van der Waals surface area contributed by atoms with Crippen LogP contribution in [0.25, 0.3) is 27.5 Å². The average molecular weight is 472 g/mol. The van der Waals surface area contributed by atoms with E-state index in [4.69, 9.17) is 4.74 Å². The van der Waals surface area contributed by atoms with Gasteiger partial charge < -0.3 is 10.1 Å². The predicted octanol–water partition coefficient (Wildman–Crippen LogP) is 3.68. The molecule has 1 amide bonds. The van der Waals surface area contributed by atoms with E-state index in [-0.39, 0.29) is 17.2 Å². The second kappa shape index (κ2) is 9.40. The molecule has 2 aromatic heterocycles. The van der Waals surface area contributed by atoms with Gasteiger partial charge in [-0.25, -0.2) is 4.98 Å². The van der Waals surface area contributed by atoms with Gasteiger partial charge in [0.25, 0.3) is 5.56 Å². The molecule has 34 heavy (non-hydrogen) atoms. The lowest BCUT2D eigenvalue weighted by molar-refractivity contribution is -0.118. The van der Waals surface area contributed by atoms with Crippen molar-refractivity contribution in [3.05, 3.63) is 88.8 Å². The number of amides is 1. The van der Waals surface area contributed by atoms with Gasteiger partial charge in [0.15, 0.2) is 10.8 Å². The van der Waals surface area contributed by atoms with E-state index < -0.39 is 0 Å². The summed E-state index contributed by atoms with van der Waals surface area (Å²) < 4.78 is 6.89. The second-order valence-electron chi connectivity index (χ2n) is 7.54. The smallest absolute Gasteiger partial charge is 0.269 e. The maximum absolute atomic E-state index is 13.4. The predicted molar refractivity (Wildman–Crippen MR) is 133 cm³/mol. The molecular weight excluding hydrogens is 450 g/mol. The number of H-pyrrole nitrogens is 1. The summed E-state index contributed by atoms with van der Waals surface area (Å²) in [6.45, 7) is 0.340. The van der Waals surface area contributed by atoms with Crippen LogP contribution in [-0.4, -0.2) is 38.5 Å². The summed E-state index contributed by atoms with van der Waals surface area (Å²) in [4.78, 5) is 30.7. The highest BCUT2D eigenvalue weighted by atomic mass is 32.2. The fraction of sp³-hybridized carbons (Fsp3) is 0.120. The Balaban J connectivity index is 1.45. The van der Waals surface area contributed by atoms with E-state index in [1.54, 1.807) is 11.7 Å². The van der Waals surface area contributed by atoms with E-state index in [1.165, 1.54) is 18.0 Å². The Morgan fingerprint density at radius 2 is 1.85 bits per heavy atom. The number of nitrogens with one attached hydrogen (secondary N) is 2. The minimum Gasteiger partial charge on any atom is -0.496 e. The lowest BCUT2D eigenvalue weighted by atomic mass is 10.1. The summed E-state index contributed by atoms with van der Waals surface area (Å²) in [7, 11) is 1.60. The van der Waals surface area contributed by atoms with Crippen molar-refractivity contribution in [3.63, 3.8) is 0 Å². The van der Waals surface area contributed by atoms with Crippen LogP contribution >= 0.6 is 11.8 Å². The zero-order valence-electron chi connectivity index (χ0n) is 18.3. The number of ether oxygens (including phenoxy) is 1. The van der Waals surface area contributed by atoms with E-state index in [9.17, 15) is 9.59 Å². The third-order valence-corrected chi connectivity index (χ3v) is 6.40. The standard InChI is InChI=1S/C25H21N5O3S/c1-33-21-12-5-3-8-17(21)13-26-22(31)15-34-25-28-23-19(14-27-29-23)24(32)30(25)20-11-6-9-16-7-2-4-10-18(16)20/h2-12,14H,13,15H2,1H3,(H,26,31)(H,27,29). The summed E-state index contributed by atoms with van der Waals surface area (Å²) >= 11 is 1.20. The third-order valence-electron chi connectivity index (χ3n) is 5.46. The molecule has 0 fully saturated rings. The van der Waals surface area contributed by atoms with E-state index in [0.29, 0.717) is 34.2 Å². The quantitative estimate of drug-likeness (QED) is 0.277. The maximum atomic E-state index is 13.4. The van der Waals surface area contributed by atoms with Gasteiger partial charge in [0.1, 0.15) is 11.1 Å². The van der Waals surface area contributed by atoms with Gasteiger partial charge in [-0.2, -0.15) is 5.10 Å². The number of thioether (sulfide) groups is 1. The van der Waals surface area contributed by atoms with Crippen molar-refractivity contribution in [2.24, 2.45) is 0 Å². The second-order valence-corrected chi connectivity index (χ2v) is 8.49. The number of hydrogen-bond donors (Lipinski definition) is 2. The summed E-state index contributed by atoms with van der Waals surface area (Å²) in [5.74, 6) is 0.623. The van der Waals surface area contributed by atoms with E-state index in [1.807, 2.05) is 66.7 Å². The number of para-hydroxylation sites is 1. The van der Waals surface area contributed by atoms with Crippen molar-refractivity contribution in [2.45, 2.75) is 11.7 Å². The minimum atomic E-state index is -0.243. The van der Waals surface area contributed by atoms with Crippen LogP contribution in [0.4, 0.5) is 0 Å². The summed E-state index contributed by atoms with van der Waals surface area (Å²) in [6.07, 6.45) is 1.47. The molecular formula is C25H21N5O3S. The molecule has 9 heteroatoms. The van der Waals surface area contributed by atoms with Crippen LogP contribution in [0.5, 0.6) is 5.75 Å². The first-order valence-corrected chi connectivity index (χ1v) is 11.6. The number of nitrogens with zero attached hydrogens (tertiary/aromatic N) is 3. The van der Waals surface area contributed by atoms with Gasteiger partial charge in [-0.1, -0.05) is 66.4 Å². The number of carbonyl (C=O) groups excluding carboxylic acids is 1. The number of aromatic nitrogens is 4. The lowest BCUT2D eigenvalue weighted by Gasteiger charge is -2.14. The molecule has 0 saturated heterocycles. The third kappa shape index (κ3) is 4.13. The van der Waals surface area contributed by atoms with Gasteiger partial charge in [-0.3, -0.25) is 19.3 Å². The number of aromatic amines is 1. The number of hydrogen-bond acceptors (Lipinski definition) is 6. The van der Waals surface area contributed by atoms with E-state index >= 15 is 0 Å². The van der Waals surface area contributed by atoms with Gasteiger partial charge >= 0.3 is 0 Å². The Labute approximate surface area is 199 Å². The van der Waals surface area contributed by atoms with Gasteiger partial charge in [-0.15, -0.1) is 0 Å². The molecule has 5 aromatic rings. The van der Waals surface area contributed by atoms with Crippen molar-refractivity contribution in [2.75, 3.05) is 12.9 Å². The number of methoxy groups -OCH3 is 1. The van der Waals surface area contributed by atoms with Crippen molar-refractivity contribution in [1.82, 2.24) is 25.1 Å². The van der Waals surface area contributed by atoms with Crippen molar-refractivity contribution < 1.29 is 9.53 Å². The van der Waals surface area contributed by atoms with Crippen molar-refractivity contribution >= 4 is 39.5 Å². The molecule has 8 nitrogen and oxygen atoms in total. The summed E-state index contributed by atoms with van der Waals surface area (Å²) in [5, 5.41) is 12.4. The number of rotatable bonds is 7. The Morgan fingerprint density at radius 1 is 1.06 bits per heavy atom. The largest absolute Gasteiger partial charge is 0.496 e. The molecule has 170 valence electrons. The molecule has 0 aliphatic carbocycles. The molecule has 3 aromatic carbocycles. The topological polar surface area (TPSA) is 102 Å². The highest BCUT2D eigenvalue weighted by Crippen LogP contribution is 2.26. The van der Waals surface area contributed by atoms with Gasteiger partial charge in [-0.05, 0) is 17.5 Å². The number of carbonyl (C=O) groups is 1. The molecule has 0 bridgehead atoms. The van der Waals surface area contributed by atoms with Crippen LogP contribution < -0.4 is 15.6 Å². The number of fused-ring (bicyclic) bond motifs is 2. The first-order chi connectivity index (χ1) is 16.7. The van der Waals surface area contributed by atoms with E-state index in [0.717, 1.165) is 16.3 Å². The van der Waals surface area contributed by atoms with Crippen LogP contribution in [0.15, 0.2) is 82.9 Å². The summed E-state index contributed by atoms with van der Waals surface area (Å²) in [6, 6.07) is 21.1. The highest BCUT2D eigenvalue weighted by Gasteiger charge is 2.17. The van der Waals surface area contributed by atoms with Crippen molar-refractivity contribution in [1.29, 1.82) is 0 Å². The Bertz CT molecular complexity index is 1550. The van der Waals surface area contributed by atoms with E-state index in [2.05, 4.69) is 20.5 Å². The molecule has 0 aliphatic heterocycles. The molecule has 0 aliphatic rings. The SMILES string of the molecule is COc1ccccc1CNC(=O)CSc1nc2[nH]ncc2c(=O)n1-c1cccc2ccccc12. The van der Waals surface area contributed by atoms with Gasteiger partial charge in [0.2, 0.25) is 5.91 Å². The van der Waals surface area contributed by atoms with Crippen LogP contribution in [0.2, 0.25) is 0 Å².